The number of hydrogen-bond acceptors (Lipinski definition) is 3. The molecule has 0 bridgehead atoms. The number of urea groups is 1. The maximum atomic E-state index is 13.2. The molecule has 1 N–H and O–H groups in total. The van der Waals surface area contributed by atoms with Gasteiger partial charge in [-0.3, -0.25) is 0 Å². The number of nitrogens with one attached hydrogen (secondary N) is 1. The predicted octanol–water partition coefficient (Wildman–Crippen LogP) is 3.64. The Hall–Kier alpha value is -1.96. The largest absolute Gasteiger partial charge is 0.392 e. The van der Waals surface area contributed by atoms with Crippen molar-refractivity contribution in [2.45, 2.75) is 33.0 Å². The molecule has 156 valence electrons. The smallest absolute Gasteiger partial charge is 0.378 e. The van der Waals surface area contributed by atoms with Crippen LogP contribution in [-0.2, 0) is 11.3 Å². The maximum Gasteiger partial charge on any atom is 0.392 e. The lowest BCUT2D eigenvalue weighted by Crippen LogP contribution is -2.54. The van der Waals surface area contributed by atoms with Gasteiger partial charge in [-0.1, -0.05) is 32.0 Å². The summed E-state index contributed by atoms with van der Waals surface area (Å²) in [6.45, 7) is 6.64. The van der Waals surface area contributed by atoms with Gasteiger partial charge in [0.2, 0.25) is 0 Å². The van der Waals surface area contributed by atoms with Gasteiger partial charge < -0.3 is 19.9 Å². The first-order valence-corrected chi connectivity index (χ1v) is 9.68. The van der Waals surface area contributed by atoms with Crippen LogP contribution in [0.1, 0.15) is 25.8 Å². The second kappa shape index (κ2) is 8.19. The van der Waals surface area contributed by atoms with Crippen molar-refractivity contribution >= 4 is 11.7 Å². The summed E-state index contributed by atoms with van der Waals surface area (Å²) in [7, 11) is 0. The van der Waals surface area contributed by atoms with Crippen molar-refractivity contribution in [3.8, 4) is 0 Å². The van der Waals surface area contributed by atoms with Crippen molar-refractivity contribution in [1.82, 2.24) is 10.2 Å². The predicted molar refractivity (Wildman–Crippen MR) is 101 cm³/mol. The average molecular weight is 399 g/mol. The van der Waals surface area contributed by atoms with E-state index in [1.165, 1.54) is 4.90 Å². The molecule has 2 fully saturated rings. The summed E-state index contributed by atoms with van der Waals surface area (Å²) in [5.74, 6) is -1.38. The number of benzene rings is 1. The molecular formula is C20H28F3N3O2. The quantitative estimate of drug-likeness (QED) is 0.844. The molecule has 1 atom stereocenters. The SMILES string of the molecule is CC1(C)CN(C(=O)NCc2ccccc2N2CCOCC2)CC[C@@H]1C(F)(F)F. The first kappa shape index (κ1) is 20.8. The summed E-state index contributed by atoms with van der Waals surface area (Å²) in [5.41, 5.74) is 1.05. The van der Waals surface area contributed by atoms with Crippen molar-refractivity contribution in [2.75, 3.05) is 44.3 Å². The molecule has 0 saturated carbocycles. The number of alkyl halides is 3. The van der Waals surface area contributed by atoms with Crippen LogP contribution < -0.4 is 10.2 Å². The van der Waals surface area contributed by atoms with Crippen LogP contribution in [0.15, 0.2) is 24.3 Å². The van der Waals surface area contributed by atoms with Crippen molar-refractivity contribution in [2.24, 2.45) is 11.3 Å². The number of anilines is 1. The number of carbonyl (C=O) groups is 1. The fourth-order valence-corrected chi connectivity index (χ4v) is 4.19. The van der Waals surface area contributed by atoms with Gasteiger partial charge in [0, 0.05) is 38.4 Å². The summed E-state index contributed by atoms with van der Waals surface area (Å²) in [6.07, 6.45) is -4.29. The second-order valence-corrected chi connectivity index (χ2v) is 8.18. The van der Waals surface area contributed by atoms with Crippen LogP contribution >= 0.6 is 0 Å². The third-order valence-corrected chi connectivity index (χ3v) is 5.69. The van der Waals surface area contributed by atoms with Crippen LogP contribution in [0.4, 0.5) is 23.7 Å². The summed E-state index contributed by atoms with van der Waals surface area (Å²) in [6, 6.07) is 7.55. The van der Waals surface area contributed by atoms with Gasteiger partial charge in [0.05, 0.1) is 19.1 Å². The summed E-state index contributed by atoms with van der Waals surface area (Å²) < 4.78 is 45.1. The van der Waals surface area contributed by atoms with Gasteiger partial charge in [-0.25, -0.2) is 4.79 Å². The molecule has 0 aromatic heterocycles. The lowest BCUT2D eigenvalue weighted by molar-refractivity contribution is -0.214. The van der Waals surface area contributed by atoms with Gasteiger partial charge >= 0.3 is 12.2 Å². The number of ether oxygens (including phenoxy) is 1. The van der Waals surface area contributed by atoms with Crippen LogP contribution in [0, 0.1) is 11.3 Å². The molecule has 8 heteroatoms. The second-order valence-electron chi connectivity index (χ2n) is 8.18. The lowest BCUT2D eigenvalue weighted by atomic mass is 9.73. The van der Waals surface area contributed by atoms with Crippen LogP contribution in [-0.4, -0.2) is 56.5 Å². The van der Waals surface area contributed by atoms with Crippen molar-refractivity contribution in [3.63, 3.8) is 0 Å². The Kier molecular flexibility index (Phi) is 6.07. The van der Waals surface area contributed by atoms with Gasteiger partial charge in [0.15, 0.2) is 0 Å². The molecule has 1 aromatic rings. The minimum Gasteiger partial charge on any atom is -0.378 e. The Morgan fingerprint density at radius 2 is 1.89 bits per heavy atom. The molecule has 2 heterocycles. The van der Waals surface area contributed by atoms with Crippen LogP contribution in [0.5, 0.6) is 0 Å². The van der Waals surface area contributed by atoms with Crippen molar-refractivity contribution in [3.05, 3.63) is 29.8 Å². The Balaban J connectivity index is 1.61. The molecule has 0 radical (unpaired) electrons. The zero-order chi connectivity index (χ0) is 20.4. The lowest BCUT2D eigenvalue weighted by Gasteiger charge is -2.44. The normalized spacial score (nSPS) is 22.8. The van der Waals surface area contributed by atoms with Gasteiger partial charge in [-0.2, -0.15) is 13.2 Å². The fourth-order valence-electron chi connectivity index (χ4n) is 4.19. The first-order valence-electron chi connectivity index (χ1n) is 9.68. The third-order valence-electron chi connectivity index (χ3n) is 5.69. The maximum absolute atomic E-state index is 13.2. The number of amides is 2. The van der Waals surface area contributed by atoms with E-state index in [1.807, 2.05) is 24.3 Å². The first-order chi connectivity index (χ1) is 13.2. The highest BCUT2D eigenvalue weighted by atomic mass is 19.4. The molecule has 2 amide bonds. The van der Waals surface area contributed by atoms with Crippen LogP contribution in [0.25, 0.3) is 0 Å². The summed E-state index contributed by atoms with van der Waals surface area (Å²) in [5, 5.41) is 2.89. The Morgan fingerprint density at radius 3 is 2.54 bits per heavy atom. The molecule has 1 aromatic carbocycles. The van der Waals surface area contributed by atoms with E-state index in [0.717, 1.165) is 24.3 Å². The van der Waals surface area contributed by atoms with E-state index in [0.29, 0.717) is 19.8 Å². The van der Waals surface area contributed by atoms with Crippen LogP contribution in [0.3, 0.4) is 0 Å². The molecule has 0 unspecified atom stereocenters. The molecular weight excluding hydrogens is 371 g/mol. The van der Waals surface area contributed by atoms with E-state index in [1.54, 1.807) is 13.8 Å². The zero-order valence-corrected chi connectivity index (χ0v) is 16.4. The minimum atomic E-state index is -4.23. The van der Waals surface area contributed by atoms with E-state index >= 15 is 0 Å². The Labute approximate surface area is 163 Å². The van der Waals surface area contributed by atoms with E-state index in [9.17, 15) is 18.0 Å². The highest BCUT2D eigenvalue weighted by molar-refractivity contribution is 5.74. The average Bonchev–Trinajstić information content (AvgIpc) is 2.65. The van der Waals surface area contributed by atoms with Crippen molar-refractivity contribution < 1.29 is 22.7 Å². The number of rotatable bonds is 3. The van der Waals surface area contributed by atoms with Crippen molar-refractivity contribution in [1.29, 1.82) is 0 Å². The highest BCUT2D eigenvalue weighted by Crippen LogP contribution is 2.45. The number of carbonyl (C=O) groups excluding carboxylic acids is 1. The number of halogens is 3. The number of nitrogens with zero attached hydrogens (tertiary/aromatic N) is 2. The van der Waals surface area contributed by atoms with Gasteiger partial charge in [-0.15, -0.1) is 0 Å². The summed E-state index contributed by atoms with van der Waals surface area (Å²) >= 11 is 0. The van der Waals surface area contributed by atoms with E-state index in [4.69, 9.17) is 4.74 Å². The zero-order valence-electron chi connectivity index (χ0n) is 16.4. The monoisotopic (exact) mass is 399 g/mol. The number of piperidine rings is 1. The topological polar surface area (TPSA) is 44.8 Å². The van der Waals surface area contributed by atoms with E-state index < -0.39 is 17.5 Å². The molecule has 2 saturated heterocycles. The molecule has 2 aliphatic heterocycles. The van der Waals surface area contributed by atoms with Crippen LogP contribution in [0.2, 0.25) is 0 Å². The standard InChI is InChI=1S/C20H28F3N3O2/c1-19(2)14-26(8-7-17(19)20(21,22)23)18(27)24-13-15-5-3-4-6-16(15)25-9-11-28-12-10-25/h3-6,17H,7-14H2,1-2H3,(H,24,27)/t17-/m0/s1. The molecule has 2 aliphatic rings. The minimum absolute atomic E-state index is 0.0612. The number of morpholine rings is 1. The van der Waals surface area contributed by atoms with Gasteiger partial charge in [-0.05, 0) is 23.5 Å². The van der Waals surface area contributed by atoms with E-state index in [-0.39, 0.29) is 25.5 Å². The number of likely N-dealkylation sites (tertiary alicyclic amines) is 1. The fraction of sp³-hybridized carbons (Fsp3) is 0.650. The third kappa shape index (κ3) is 4.71. The number of para-hydroxylation sites is 1. The van der Waals surface area contributed by atoms with E-state index in [2.05, 4.69) is 10.2 Å². The Bertz CT molecular complexity index is 688. The van der Waals surface area contributed by atoms with Gasteiger partial charge in [0.25, 0.3) is 0 Å². The molecule has 0 spiro atoms. The molecule has 3 rings (SSSR count). The molecule has 0 aliphatic carbocycles. The summed E-state index contributed by atoms with van der Waals surface area (Å²) in [4.78, 5) is 16.3. The molecule has 28 heavy (non-hydrogen) atoms. The number of hydrogen-bond donors (Lipinski definition) is 1. The van der Waals surface area contributed by atoms with Gasteiger partial charge in [0.1, 0.15) is 0 Å². The molecule has 5 nitrogen and oxygen atoms in total. The Morgan fingerprint density at radius 1 is 1.21 bits per heavy atom. The highest BCUT2D eigenvalue weighted by Gasteiger charge is 2.51.